The van der Waals surface area contributed by atoms with E-state index in [1.54, 1.807) is 12.1 Å². The summed E-state index contributed by atoms with van der Waals surface area (Å²) in [4.78, 5) is 11.5. The summed E-state index contributed by atoms with van der Waals surface area (Å²) < 4.78 is 29.4. The summed E-state index contributed by atoms with van der Waals surface area (Å²) in [6, 6.07) is 14.1. The summed E-state index contributed by atoms with van der Waals surface area (Å²) in [5, 5.41) is 9.43. The average Bonchev–Trinajstić information content (AvgIpc) is 2.92. The predicted octanol–water partition coefficient (Wildman–Crippen LogP) is 3.58. The molecule has 2 aromatic carbocycles. The molecular weight excluding hydrogens is 352 g/mol. The number of carboxylic acid groups (broad SMARTS) is 1. The third-order valence-electron chi connectivity index (χ3n) is 4.50. The Morgan fingerprint density at radius 1 is 0.923 bits per heavy atom. The van der Waals surface area contributed by atoms with Crippen LogP contribution in [0.4, 0.5) is 5.69 Å². The molecule has 1 aliphatic rings. The van der Waals surface area contributed by atoms with Gasteiger partial charge in [-0.2, -0.15) is 12.7 Å². The van der Waals surface area contributed by atoms with Gasteiger partial charge in [0.05, 0.1) is 11.3 Å². The lowest BCUT2D eigenvalue weighted by Crippen LogP contribution is -2.36. The van der Waals surface area contributed by atoms with Crippen molar-refractivity contribution in [2.75, 3.05) is 17.8 Å². The first kappa shape index (κ1) is 18.4. The molecule has 0 radical (unpaired) electrons. The predicted molar refractivity (Wildman–Crippen MR) is 101 cm³/mol. The summed E-state index contributed by atoms with van der Waals surface area (Å²) in [6.45, 7) is 0.909. The highest BCUT2D eigenvalue weighted by atomic mass is 32.2. The Kier molecular flexibility index (Phi) is 5.58. The first-order valence-electron chi connectivity index (χ1n) is 8.68. The second kappa shape index (κ2) is 7.88. The molecule has 2 N–H and O–H groups in total. The monoisotopic (exact) mass is 374 g/mol. The van der Waals surface area contributed by atoms with Crippen molar-refractivity contribution in [1.82, 2.24) is 4.31 Å². The van der Waals surface area contributed by atoms with Crippen molar-refractivity contribution in [1.29, 1.82) is 0 Å². The highest BCUT2D eigenvalue weighted by Crippen LogP contribution is 2.27. The van der Waals surface area contributed by atoms with Crippen LogP contribution in [-0.2, 0) is 10.2 Å². The molecule has 1 fully saturated rings. The molecule has 138 valence electrons. The Balaban J connectivity index is 1.95. The number of rotatable bonds is 5. The molecule has 0 unspecified atom stereocenters. The number of carboxylic acids is 1. The number of hydrogen-bond acceptors (Lipinski definition) is 3. The van der Waals surface area contributed by atoms with Crippen LogP contribution >= 0.6 is 0 Å². The van der Waals surface area contributed by atoms with E-state index in [0.717, 1.165) is 36.8 Å². The third kappa shape index (κ3) is 4.23. The number of carbonyl (C=O) groups is 1. The maximum absolute atomic E-state index is 12.8. The van der Waals surface area contributed by atoms with Crippen molar-refractivity contribution < 1.29 is 18.3 Å². The molecular formula is C19H22N2O4S. The van der Waals surface area contributed by atoms with Crippen molar-refractivity contribution >= 4 is 21.9 Å². The highest BCUT2D eigenvalue weighted by molar-refractivity contribution is 7.90. The smallest absolute Gasteiger partial charge is 0.337 e. The molecule has 1 saturated heterocycles. The maximum atomic E-state index is 12.8. The van der Waals surface area contributed by atoms with Gasteiger partial charge in [0, 0.05) is 13.1 Å². The van der Waals surface area contributed by atoms with Gasteiger partial charge >= 0.3 is 16.2 Å². The zero-order valence-electron chi connectivity index (χ0n) is 14.4. The average molecular weight is 374 g/mol. The Bertz CT molecular complexity index is 874. The quantitative estimate of drug-likeness (QED) is 0.837. The Labute approximate surface area is 153 Å². The summed E-state index contributed by atoms with van der Waals surface area (Å²) in [6.07, 6.45) is 3.65. The lowest BCUT2D eigenvalue weighted by molar-refractivity contribution is 0.0698. The molecule has 1 heterocycles. The van der Waals surface area contributed by atoms with E-state index in [1.807, 2.05) is 30.3 Å². The fourth-order valence-electron chi connectivity index (χ4n) is 3.11. The van der Waals surface area contributed by atoms with Gasteiger partial charge in [-0.05, 0) is 36.1 Å². The van der Waals surface area contributed by atoms with Crippen molar-refractivity contribution in [3.8, 4) is 11.1 Å². The van der Waals surface area contributed by atoms with Crippen LogP contribution < -0.4 is 4.72 Å². The van der Waals surface area contributed by atoms with Crippen molar-refractivity contribution in [3.63, 3.8) is 0 Å². The Morgan fingerprint density at radius 3 is 2.19 bits per heavy atom. The molecule has 0 aromatic heterocycles. The first-order chi connectivity index (χ1) is 12.5. The minimum atomic E-state index is -3.79. The minimum absolute atomic E-state index is 0.0666. The summed E-state index contributed by atoms with van der Waals surface area (Å²) in [5.41, 5.74) is 1.66. The molecule has 0 bridgehead atoms. The SMILES string of the molecule is O=C(O)c1ccc(-c2ccccc2)cc1NS(=O)(=O)N1CCCCCC1. The third-order valence-corrected chi connectivity index (χ3v) is 6.02. The number of nitrogens with zero attached hydrogens (tertiary/aromatic N) is 1. The molecule has 0 aliphatic carbocycles. The zero-order valence-corrected chi connectivity index (χ0v) is 15.2. The summed E-state index contributed by atoms with van der Waals surface area (Å²) in [7, 11) is -3.79. The van der Waals surface area contributed by atoms with E-state index in [4.69, 9.17) is 0 Å². The summed E-state index contributed by atoms with van der Waals surface area (Å²) in [5.74, 6) is -1.17. The van der Waals surface area contributed by atoms with Crippen molar-refractivity contribution in [2.24, 2.45) is 0 Å². The molecule has 0 spiro atoms. The second-order valence-electron chi connectivity index (χ2n) is 6.35. The van der Waals surface area contributed by atoms with E-state index in [0.29, 0.717) is 13.1 Å². The van der Waals surface area contributed by atoms with Gasteiger partial charge in [-0.15, -0.1) is 0 Å². The van der Waals surface area contributed by atoms with Crippen LogP contribution in [0.2, 0.25) is 0 Å². The fourth-order valence-corrected chi connectivity index (χ4v) is 4.43. The van der Waals surface area contributed by atoms with Gasteiger partial charge in [0.25, 0.3) is 0 Å². The van der Waals surface area contributed by atoms with Crippen LogP contribution in [-0.4, -0.2) is 36.9 Å². The Hall–Kier alpha value is -2.38. The first-order valence-corrected chi connectivity index (χ1v) is 10.1. The van der Waals surface area contributed by atoms with Crippen LogP contribution in [0.1, 0.15) is 36.0 Å². The van der Waals surface area contributed by atoms with Crippen LogP contribution in [0, 0.1) is 0 Å². The molecule has 7 heteroatoms. The van der Waals surface area contributed by atoms with E-state index < -0.39 is 16.2 Å². The van der Waals surface area contributed by atoms with Gasteiger partial charge in [0.1, 0.15) is 0 Å². The number of anilines is 1. The van der Waals surface area contributed by atoms with E-state index in [2.05, 4.69) is 4.72 Å². The maximum Gasteiger partial charge on any atom is 0.337 e. The molecule has 0 amide bonds. The number of nitrogens with one attached hydrogen (secondary N) is 1. The fraction of sp³-hybridized carbons (Fsp3) is 0.316. The standard InChI is InChI=1S/C19H22N2O4S/c22-19(23)17-11-10-16(15-8-4-3-5-9-15)14-18(17)20-26(24,25)21-12-6-1-2-7-13-21/h3-5,8-11,14,20H,1-2,6-7,12-13H2,(H,22,23). The molecule has 26 heavy (non-hydrogen) atoms. The van der Waals surface area contributed by atoms with Gasteiger partial charge in [0.15, 0.2) is 0 Å². The Morgan fingerprint density at radius 2 is 1.58 bits per heavy atom. The highest BCUT2D eigenvalue weighted by Gasteiger charge is 2.25. The molecule has 0 atom stereocenters. The van der Waals surface area contributed by atoms with Crippen molar-refractivity contribution in [3.05, 3.63) is 54.1 Å². The normalized spacial score (nSPS) is 16.0. The minimum Gasteiger partial charge on any atom is -0.478 e. The second-order valence-corrected chi connectivity index (χ2v) is 8.02. The van der Waals surface area contributed by atoms with Crippen LogP contribution in [0.25, 0.3) is 11.1 Å². The van der Waals surface area contributed by atoms with E-state index >= 15 is 0 Å². The van der Waals surface area contributed by atoms with Gasteiger partial charge < -0.3 is 5.11 Å². The molecule has 0 saturated carbocycles. The van der Waals surface area contributed by atoms with Gasteiger partial charge in [-0.3, -0.25) is 4.72 Å². The summed E-state index contributed by atoms with van der Waals surface area (Å²) >= 11 is 0. The van der Waals surface area contributed by atoms with Gasteiger partial charge in [-0.1, -0.05) is 49.2 Å². The van der Waals surface area contributed by atoms with Crippen LogP contribution in [0.3, 0.4) is 0 Å². The molecule has 2 aromatic rings. The van der Waals surface area contributed by atoms with Crippen LogP contribution in [0.5, 0.6) is 0 Å². The topological polar surface area (TPSA) is 86.7 Å². The number of benzene rings is 2. The van der Waals surface area contributed by atoms with Crippen LogP contribution in [0.15, 0.2) is 48.5 Å². The van der Waals surface area contributed by atoms with E-state index in [-0.39, 0.29) is 11.3 Å². The van der Waals surface area contributed by atoms with Crippen molar-refractivity contribution in [2.45, 2.75) is 25.7 Å². The molecule has 3 rings (SSSR count). The molecule has 1 aliphatic heterocycles. The number of aromatic carboxylic acids is 1. The largest absolute Gasteiger partial charge is 0.478 e. The molecule has 6 nitrogen and oxygen atoms in total. The van der Waals surface area contributed by atoms with E-state index in [9.17, 15) is 18.3 Å². The lowest BCUT2D eigenvalue weighted by Gasteiger charge is -2.21. The van der Waals surface area contributed by atoms with Gasteiger partial charge in [0.2, 0.25) is 0 Å². The number of hydrogen-bond donors (Lipinski definition) is 2. The lowest BCUT2D eigenvalue weighted by atomic mass is 10.0. The van der Waals surface area contributed by atoms with E-state index in [1.165, 1.54) is 10.4 Å². The van der Waals surface area contributed by atoms with Gasteiger partial charge in [-0.25, -0.2) is 4.79 Å². The zero-order chi connectivity index (χ0) is 18.6.